The average Bonchev–Trinajstić information content (AvgIpc) is 3.33. The number of halogens is 2. The topological polar surface area (TPSA) is 82.1 Å². The highest BCUT2D eigenvalue weighted by molar-refractivity contribution is 6.42. The second-order valence-corrected chi connectivity index (χ2v) is 9.02. The van der Waals surface area contributed by atoms with Gasteiger partial charge in [0.05, 0.1) is 16.1 Å². The Bertz CT molecular complexity index is 1380. The molecule has 0 bridgehead atoms. The monoisotopic (exact) mass is 478 g/mol. The number of aromatic hydroxyl groups is 1. The summed E-state index contributed by atoms with van der Waals surface area (Å²) in [4.78, 5) is 19.4. The first kappa shape index (κ1) is 21.5. The van der Waals surface area contributed by atoms with Gasteiger partial charge in [0.25, 0.3) is 5.91 Å². The van der Waals surface area contributed by atoms with Crippen LogP contribution in [0.4, 0.5) is 0 Å². The molecule has 3 heterocycles. The van der Waals surface area contributed by atoms with Gasteiger partial charge in [-0.1, -0.05) is 41.4 Å². The Hall–Kier alpha value is -3.35. The second-order valence-electron chi connectivity index (χ2n) is 8.21. The van der Waals surface area contributed by atoms with Crippen LogP contribution in [0.15, 0.2) is 54.9 Å². The lowest BCUT2D eigenvalue weighted by atomic mass is 9.94. The van der Waals surface area contributed by atoms with Crippen molar-refractivity contribution in [3.63, 3.8) is 0 Å². The smallest absolute Gasteiger partial charge is 0.273 e. The van der Waals surface area contributed by atoms with E-state index in [0.29, 0.717) is 39.1 Å². The standard InChI is InChI=1S/C25H20Cl2N4O2/c1-13-8-14(2)24(32)17(9-13)21-20-22(30-29-21)25(33)31(12-15-4-3-7-28-11-15)23(20)16-5-6-18(26)19(27)10-16/h3-11,23,32H,12H2,1-2H3,(H,29,30). The van der Waals surface area contributed by atoms with E-state index in [2.05, 4.69) is 15.2 Å². The third kappa shape index (κ3) is 3.65. The Kier molecular flexibility index (Phi) is 5.35. The summed E-state index contributed by atoms with van der Waals surface area (Å²) in [6.45, 7) is 4.15. The molecule has 1 atom stereocenters. The van der Waals surface area contributed by atoms with Crippen LogP contribution in [-0.4, -0.2) is 31.1 Å². The molecule has 1 aliphatic rings. The zero-order valence-electron chi connectivity index (χ0n) is 17.9. The highest BCUT2D eigenvalue weighted by atomic mass is 35.5. The third-order valence-electron chi connectivity index (χ3n) is 5.90. The molecule has 5 rings (SSSR count). The van der Waals surface area contributed by atoms with Crippen LogP contribution in [0.1, 0.15) is 44.3 Å². The number of aryl methyl sites for hydroxylation is 2. The van der Waals surface area contributed by atoms with Gasteiger partial charge >= 0.3 is 0 Å². The number of benzene rings is 2. The number of nitrogens with one attached hydrogen (secondary N) is 1. The minimum absolute atomic E-state index is 0.140. The van der Waals surface area contributed by atoms with Gasteiger partial charge in [-0.3, -0.25) is 14.9 Å². The van der Waals surface area contributed by atoms with Gasteiger partial charge in [0.15, 0.2) is 0 Å². The lowest BCUT2D eigenvalue weighted by Gasteiger charge is -2.27. The Morgan fingerprint density at radius 3 is 2.67 bits per heavy atom. The minimum atomic E-state index is -0.476. The van der Waals surface area contributed by atoms with Gasteiger partial charge in [-0.15, -0.1) is 0 Å². The van der Waals surface area contributed by atoms with Crippen molar-refractivity contribution in [1.82, 2.24) is 20.1 Å². The molecule has 2 N–H and O–H groups in total. The highest BCUT2D eigenvalue weighted by Gasteiger charge is 2.42. The molecule has 4 aromatic rings. The molecule has 166 valence electrons. The molecule has 1 amide bonds. The van der Waals surface area contributed by atoms with Crippen LogP contribution >= 0.6 is 23.2 Å². The number of rotatable bonds is 4. The number of phenols is 1. The number of phenolic OH excluding ortho intramolecular Hbond substituents is 1. The zero-order chi connectivity index (χ0) is 23.3. The molecule has 2 aromatic carbocycles. The fraction of sp³-hybridized carbons (Fsp3) is 0.160. The van der Waals surface area contributed by atoms with E-state index >= 15 is 0 Å². The van der Waals surface area contributed by atoms with Crippen molar-refractivity contribution < 1.29 is 9.90 Å². The van der Waals surface area contributed by atoms with Crippen LogP contribution < -0.4 is 0 Å². The number of carbonyl (C=O) groups excluding carboxylic acids is 1. The number of hydrogen-bond donors (Lipinski definition) is 2. The first-order valence-electron chi connectivity index (χ1n) is 10.4. The summed E-state index contributed by atoms with van der Waals surface area (Å²) in [5.74, 6) is -0.0477. The molecule has 0 saturated carbocycles. The zero-order valence-corrected chi connectivity index (χ0v) is 19.4. The first-order valence-corrected chi connectivity index (χ1v) is 11.1. The van der Waals surface area contributed by atoms with Gasteiger partial charge in [-0.05, 0) is 60.4 Å². The van der Waals surface area contributed by atoms with E-state index in [-0.39, 0.29) is 11.7 Å². The van der Waals surface area contributed by atoms with E-state index in [0.717, 1.165) is 22.3 Å². The summed E-state index contributed by atoms with van der Waals surface area (Å²) in [6, 6.07) is 12.4. The van der Waals surface area contributed by atoms with Gasteiger partial charge in [-0.2, -0.15) is 5.10 Å². The van der Waals surface area contributed by atoms with Crippen molar-refractivity contribution in [3.05, 3.63) is 98.4 Å². The number of carbonyl (C=O) groups is 1. The highest BCUT2D eigenvalue weighted by Crippen LogP contribution is 2.46. The molecular weight excluding hydrogens is 459 g/mol. The molecule has 33 heavy (non-hydrogen) atoms. The van der Waals surface area contributed by atoms with Gasteiger partial charge in [-0.25, -0.2) is 0 Å². The number of amides is 1. The van der Waals surface area contributed by atoms with Crippen LogP contribution in [0.5, 0.6) is 5.75 Å². The molecule has 1 aliphatic heterocycles. The molecule has 1 unspecified atom stereocenters. The maximum atomic E-state index is 13.5. The summed E-state index contributed by atoms with van der Waals surface area (Å²) in [6.07, 6.45) is 3.43. The minimum Gasteiger partial charge on any atom is -0.507 e. The maximum Gasteiger partial charge on any atom is 0.273 e. The van der Waals surface area contributed by atoms with Crippen molar-refractivity contribution in [1.29, 1.82) is 0 Å². The molecule has 2 aromatic heterocycles. The Morgan fingerprint density at radius 2 is 1.94 bits per heavy atom. The quantitative estimate of drug-likeness (QED) is 0.385. The van der Waals surface area contributed by atoms with Crippen molar-refractivity contribution >= 4 is 29.1 Å². The van der Waals surface area contributed by atoms with Crippen LogP contribution in [0, 0.1) is 13.8 Å². The Labute approximate surface area is 200 Å². The fourth-order valence-corrected chi connectivity index (χ4v) is 4.73. The molecule has 0 saturated heterocycles. The number of pyridine rings is 1. The van der Waals surface area contributed by atoms with Crippen LogP contribution in [0.2, 0.25) is 10.0 Å². The molecule has 0 spiro atoms. The third-order valence-corrected chi connectivity index (χ3v) is 6.64. The van der Waals surface area contributed by atoms with Crippen molar-refractivity contribution in [2.75, 3.05) is 0 Å². The largest absolute Gasteiger partial charge is 0.507 e. The fourth-order valence-electron chi connectivity index (χ4n) is 4.42. The number of aromatic amines is 1. The molecule has 0 fully saturated rings. The van der Waals surface area contributed by atoms with E-state index in [4.69, 9.17) is 23.2 Å². The van der Waals surface area contributed by atoms with Crippen LogP contribution in [0.25, 0.3) is 11.3 Å². The van der Waals surface area contributed by atoms with Crippen molar-refractivity contribution in [3.8, 4) is 17.0 Å². The van der Waals surface area contributed by atoms with Crippen molar-refractivity contribution in [2.45, 2.75) is 26.4 Å². The van der Waals surface area contributed by atoms with Crippen LogP contribution in [0.3, 0.4) is 0 Å². The van der Waals surface area contributed by atoms with E-state index in [1.807, 2.05) is 44.2 Å². The normalized spacial score (nSPS) is 15.2. The lowest BCUT2D eigenvalue weighted by Crippen LogP contribution is -2.29. The van der Waals surface area contributed by atoms with Gasteiger partial charge < -0.3 is 10.0 Å². The Morgan fingerprint density at radius 1 is 1.12 bits per heavy atom. The summed E-state index contributed by atoms with van der Waals surface area (Å²) in [5, 5.41) is 19.0. The predicted octanol–water partition coefficient (Wildman–Crippen LogP) is 5.85. The average molecular weight is 479 g/mol. The Balaban J connectivity index is 1.71. The number of aromatic nitrogens is 3. The number of fused-ring (bicyclic) bond motifs is 1. The van der Waals surface area contributed by atoms with Gasteiger partial charge in [0.1, 0.15) is 17.1 Å². The van der Waals surface area contributed by atoms with Crippen LogP contribution in [-0.2, 0) is 6.54 Å². The molecule has 0 aliphatic carbocycles. The molecule has 0 radical (unpaired) electrons. The predicted molar refractivity (Wildman–Crippen MR) is 128 cm³/mol. The maximum absolute atomic E-state index is 13.5. The summed E-state index contributed by atoms with van der Waals surface area (Å²) in [5.41, 5.74) is 5.62. The molecular formula is C25H20Cl2N4O2. The van der Waals surface area contributed by atoms with Gasteiger partial charge in [0.2, 0.25) is 0 Å². The SMILES string of the molecule is Cc1cc(C)c(O)c(-c2n[nH]c3c2C(c2ccc(Cl)c(Cl)c2)N(Cc2cccnc2)C3=O)c1. The lowest BCUT2D eigenvalue weighted by molar-refractivity contribution is 0.0730. The molecule has 8 heteroatoms. The number of H-pyrrole nitrogens is 1. The van der Waals surface area contributed by atoms with E-state index < -0.39 is 6.04 Å². The summed E-state index contributed by atoms with van der Waals surface area (Å²) >= 11 is 12.5. The number of nitrogens with zero attached hydrogens (tertiary/aromatic N) is 3. The van der Waals surface area contributed by atoms with E-state index in [1.165, 1.54) is 0 Å². The van der Waals surface area contributed by atoms with E-state index in [1.54, 1.807) is 29.4 Å². The first-order chi connectivity index (χ1) is 15.8. The van der Waals surface area contributed by atoms with Gasteiger partial charge in [0, 0.05) is 30.1 Å². The summed E-state index contributed by atoms with van der Waals surface area (Å²) in [7, 11) is 0. The summed E-state index contributed by atoms with van der Waals surface area (Å²) < 4.78 is 0. The number of hydrogen-bond acceptors (Lipinski definition) is 4. The van der Waals surface area contributed by atoms with Crippen molar-refractivity contribution in [2.24, 2.45) is 0 Å². The molecule has 6 nitrogen and oxygen atoms in total. The second kappa shape index (κ2) is 8.21. The van der Waals surface area contributed by atoms with E-state index in [9.17, 15) is 9.90 Å².